The first-order chi connectivity index (χ1) is 12.8. The number of anilines is 1. The summed E-state index contributed by atoms with van der Waals surface area (Å²) in [7, 11) is -3.38. The molecule has 1 saturated heterocycles. The van der Waals surface area contributed by atoms with E-state index in [0.29, 0.717) is 36.6 Å². The van der Waals surface area contributed by atoms with Crippen LogP contribution in [0.15, 0.2) is 48.5 Å². The number of nitro benzene ring substituents is 1. The third-order valence-electron chi connectivity index (χ3n) is 4.56. The average molecular weight is 410 g/mol. The van der Waals surface area contributed by atoms with Gasteiger partial charge in [0.05, 0.1) is 10.7 Å². The number of rotatable bonds is 6. The molecule has 2 aromatic rings. The Hall–Kier alpha value is -2.16. The fourth-order valence-electron chi connectivity index (χ4n) is 3.15. The van der Waals surface area contributed by atoms with E-state index < -0.39 is 14.9 Å². The number of piperidine rings is 1. The molecule has 0 amide bonds. The van der Waals surface area contributed by atoms with E-state index in [0.717, 1.165) is 5.56 Å². The highest BCUT2D eigenvalue weighted by molar-refractivity contribution is 7.88. The lowest BCUT2D eigenvalue weighted by atomic mass is 10.1. The molecule has 0 aromatic heterocycles. The van der Waals surface area contributed by atoms with Gasteiger partial charge in [-0.05, 0) is 30.5 Å². The highest BCUT2D eigenvalue weighted by Crippen LogP contribution is 2.30. The van der Waals surface area contributed by atoms with Crippen molar-refractivity contribution in [1.82, 2.24) is 4.31 Å². The molecule has 1 fully saturated rings. The number of nitrogens with one attached hydrogen (secondary N) is 1. The lowest BCUT2D eigenvalue weighted by Gasteiger charge is -2.32. The zero-order valence-corrected chi connectivity index (χ0v) is 16.1. The minimum Gasteiger partial charge on any atom is -0.377 e. The lowest BCUT2D eigenvalue weighted by Crippen LogP contribution is -2.42. The van der Waals surface area contributed by atoms with Gasteiger partial charge in [0.25, 0.3) is 5.69 Å². The second kappa shape index (κ2) is 8.24. The van der Waals surface area contributed by atoms with Crippen LogP contribution < -0.4 is 5.32 Å². The van der Waals surface area contributed by atoms with Crippen molar-refractivity contribution in [3.8, 4) is 0 Å². The maximum atomic E-state index is 12.6. The predicted octanol–water partition coefficient (Wildman–Crippen LogP) is 3.65. The molecule has 1 N–H and O–H groups in total. The fraction of sp³-hybridized carbons (Fsp3) is 0.333. The summed E-state index contributed by atoms with van der Waals surface area (Å²) in [4.78, 5) is 10.7. The Bertz CT molecular complexity index is 913. The van der Waals surface area contributed by atoms with E-state index in [1.807, 2.05) is 18.2 Å². The normalized spacial score (nSPS) is 16.2. The van der Waals surface area contributed by atoms with Crippen molar-refractivity contribution in [2.24, 2.45) is 0 Å². The topological polar surface area (TPSA) is 92.6 Å². The van der Waals surface area contributed by atoms with Crippen LogP contribution in [-0.4, -0.2) is 36.8 Å². The first-order valence-electron chi connectivity index (χ1n) is 8.57. The first-order valence-corrected chi connectivity index (χ1v) is 10.6. The van der Waals surface area contributed by atoms with Crippen LogP contribution in [0.2, 0.25) is 5.02 Å². The minimum atomic E-state index is -3.38. The number of nitro groups is 1. The fourth-order valence-corrected chi connectivity index (χ4v) is 4.88. The molecule has 0 bridgehead atoms. The summed E-state index contributed by atoms with van der Waals surface area (Å²) in [5, 5.41) is 14.7. The molecule has 0 saturated carbocycles. The Balaban J connectivity index is 1.62. The molecule has 1 aliphatic heterocycles. The zero-order valence-electron chi connectivity index (χ0n) is 14.5. The second-order valence-electron chi connectivity index (χ2n) is 6.48. The molecule has 0 aliphatic carbocycles. The van der Waals surface area contributed by atoms with Gasteiger partial charge in [0, 0.05) is 30.2 Å². The van der Waals surface area contributed by atoms with Crippen molar-refractivity contribution >= 4 is 33.0 Å². The summed E-state index contributed by atoms with van der Waals surface area (Å²) in [6.45, 7) is 0.766. The van der Waals surface area contributed by atoms with Gasteiger partial charge < -0.3 is 5.32 Å². The number of hydrogen-bond donors (Lipinski definition) is 1. The van der Waals surface area contributed by atoms with Crippen LogP contribution in [0.4, 0.5) is 11.4 Å². The van der Waals surface area contributed by atoms with Crippen LogP contribution >= 0.6 is 11.6 Å². The van der Waals surface area contributed by atoms with Crippen LogP contribution in [-0.2, 0) is 15.8 Å². The van der Waals surface area contributed by atoms with Gasteiger partial charge in [0.2, 0.25) is 10.0 Å². The van der Waals surface area contributed by atoms with E-state index in [4.69, 9.17) is 11.6 Å². The average Bonchev–Trinajstić information content (AvgIpc) is 2.64. The van der Waals surface area contributed by atoms with Gasteiger partial charge in [-0.1, -0.05) is 41.9 Å². The zero-order chi connectivity index (χ0) is 19.4. The third-order valence-corrected chi connectivity index (χ3v) is 6.64. The Morgan fingerprint density at radius 1 is 1.15 bits per heavy atom. The van der Waals surface area contributed by atoms with Crippen molar-refractivity contribution in [2.75, 3.05) is 18.4 Å². The van der Waals surface area contributed by atoms with Crippen molar-refractivity contribution in [3.63, 3.8) is 0 Å². The predicted molar refractivity (Wildman–Crippen MR) is 105 cm³/mol. The Morgan fingerprint density at radius 3 is 2.44 bits per heavy atom. The largest absolute Gasteiger partial charge is 0.377 e. The minimum absolute atomic E-state index is 0.0193. The summed E-state index contributed by atoms with van der Waals surface area (Å²) in [5.74, 6) is -0.0193. The molecule has 9 heteroatoms. The van der Waals surface area contributed by atoms with Crippen molar-refractivity contribution in [1.29, 1.82) is 0 Å². The van der Waals surface area contributed by atoms with Crippen LogP contribution in [0.5, 0.6) is 0 Å². The Labute approximate surface area is 163 Å². The molecule has 0 spiro atoms. The Morgan fingerprint density at radius 2 is 1.81 bits per heavy atom. The van der Waals surface area contributed by atoms with E-state index in [-0.39, 0.29) is 17.5 Å². The number of benzene rings is 2. The van der Waals surface area contributed by atoms with E-state index >= 15 is 0 Å². The molecule has 0 radical (unpaired) electrons. The van der Waals surface area contributed by atoms with Gasteiger partial charge in [-0.25, -0.2) is 12.7 Å². The van der Waals surface area contributed by atoms with Crippen LogP contribution in [0, 0.1) is 10.1 Å². The van der Waals surface area contributed by atoms with Crippen LogP contribution in [0.3, 0.4) is 0 Å². The lowest BCUT2D eigenvalue weighted by molar-refractivity contribution is -0.384. The third kappa shape index (κ3) is 4.97. The van der Waals surface area contributed by atoms with Crippen LogP contribution in [0.25, 0.3) is 0 Å². The molecule has 27 heavy (non-hydrogen) atoms. The van der Waals surface area contributed by atoms with Crippen molar-refractivity contribution in [3.05, 3.63) is 69.2 Å². The summed E-state index contributed by atoms with van der Waals surface area (Å²) in [6.07, 6.45) is 1.15. The summed E-state index contributed by atoms with van der Waals surface area (Å²) < 4.78 is 26.7. The van der Waals surface area contributed by atoms with E-state index in [1.54, 1.807) is 24.3 Å². The van der Waals surface area contributed by atoms with E-state index in [1.165, 1.54) is 10.4 Å². The Kier molecular flexibility index (Phi) is 5.98. The molecule has 1 aliphatic rings. The quantitative estimate of drug-likeness (QED) is 0.580. The van der Waals surface area contributed by atoms with Crippen molar-refractivity contribution < 1.29 is 13.3 Å². The standard InChI is InChI=1S/C18H20ClN3O4S/c19-15-6-7-17(18(12-15)22(23)24)20-16-8-10-21(11-9-16)27(25,26)13-14-4-2-1-3-5-14/h1-7,12,16,20H,8-11,13H2. The SMILES string of the molecule is O=[N+]([O-])c1cc(Cl)ccc1NC1CCN(S(=O)(=O)Cc2ccccc2)CC1. The summed E-state index contributed by atoms with van der Waals surface area (Å²) >= 11 is 5.83. The summed E-state index contributed by atoms with van der Waals surface area (Å²) in [5.41, 5.74) is 1.08. The maximum Gasteiger partial charge on any atom is 0.293 e. The molecular weight excluding hydrogens is 390 g/mol. The number of sulfonamides is 1. The van der Waals surface area contributed by atoms with Gasteiger partial charge in [-0.15, -0.1) is 0 Å². The van der Waals surface area contributed by atoms with Gasteiger partial charge in [-0.3, -0.25) is 10.1 Å². The summed E-state index contributed by atoms with van der Waals surface area (Å²) in [6, 6.07) is 13.5. The monoisotopic (exact) mass is 409 g/mol. The van der Waals surface area contributed by atoms with Gasteiger partial charge >= 0.3 is 0 Å². The maximum absolute atomic E-state index is 12.6. The highest BCUT2D eigenvalue weighted by atomic mass is 35.5. The molecule has 3 rings (SSSR count). The van der Waals surface area contributed by atoms with Crippen molar-refractivity contribution in [2.45, 2.75) is 24.6 Å². The van der Waals surface area contributed by atoms with Gasteiger partial charge in [-0.2, -0.15) is 0 Å². The van der Waals surface area contributed by atoms with Gasteiger partial charge in [0.15, 0.2) is 0 Å². The molecule has 2 aromatic carbocycles. The number of halogens is 1. The highest BCUT2D eigenvalue weighted by Gasteiger charge is 2.29. The first kappa shape index (κ1) is 19.6. The molecule has 144 valence electrons. The molecule has 7 nitrogen and oxygen atoms in total. The van der Waals surface area contributed by atoms with E-state index in [2.05, 4.69) is 5.32 Å². The molecule has 0 atom stereocenters. The van der Waals surface area contributed by atoms with Crippen LogP contribution in [0.1, 0.15) is 18.4 Å². The number of hydrogen-bond acceptors (Lipinski definition) is 5. The molecular formula is C18H20ClN3O4S. The number of nitrogens with zero attached hydrogens (tertiary/aromatic N) is 2. The molecule has 0 unspecified atom stereocenters. The smallest absolute Gasteiger partial charge is 0.293 e. The van der Waals surface area contributed by atoms with E-state index in [9.17, 15) is 18.5 Å². The second-order valence-corrected chi connectivity index (χ2v) is 8.88. The van der Waals surface area contributed by atoms with Gasteiger partial charge in [0.1, 0.15) is 5.69 Å². The molecule has 1 heterocycles.